The summed E-state index contributed by atoms with van der Waals surface area (Å²) < 4.78 is 0.420. The van der Waals surface area contributed by atoms with Gasteiger partial charge in [-0.05, 0) is 46.3 Å². The minimum absolute atomic E-state index is 0.0217. The lowest BCUT2D eigenvalue weighted by molar-refractivity contribution is -0.385. The minimum atomic E-state index is -0.636. The van der Waals surface area contributed by atoms with Gasteiger partial charge in [-0.2, -0.15) is 0 Å². The lowest BCUT2D eigenvalue weighted by atomic mass is 9.91. The standard InChI is InChI=1S/C13H17BrN2O3/c14-10-6-5-9(7-11(10)16(18)19)12(15)13(17)8-3-1-2-4-8/h5-8,12-13,17H,1-4,15H2/t12-,13+/m1/s1. The maximum atomic E-state index is 10.9. The number of halogens is 1. The molecule has 1 aromatic rings. The van der Waals surface area contributed by atoms with E-state index in [1.165, 1.54) is 6.07 Å². The van der Waals surface area contributed by atoms with Crippen LogP contribution >= 0.6 is 15.9 Å². The first-order valence-electron chi connectivity index (χ1n) is 6.38. The Morgan fingerprint density at radius 2 is 2.05 bits per heavy atom. The van der Waals surface area contributed by atoms with E-state index in [-0.39, 0.29) is 11.6 Å². The van der Waals surface area contributed by atoms with Crippen molar-refractivity contribution in [2.45, 2.75) is 37.8 Å². The average Bonchev–Trinajstić information content (AvgIpc) is 2.91. The topological polar surface area (TPSA) is 89.4 Å². The van der Waals surface area contributed by atoms with Gasteiger partial charge in [-0.3, -0.25) is 10.1 Å². The Kier molecular flexibility index (Phi) is 4.54. The van der Waals surface area contributed by atoms with Crippen molar-refractivity contribution in [1.29, 1.82) is 0 Å². The van der Waals surface area contributed by atoms with Crippen LogP contribution in [0.1, 0.15) is 37.3 Å². The molecule has 104 valence electrons. The number of nitrogens with two attached hydrogens (primary N) is 1. The number of aliphatic hydroxyl groups is 1. The number of aliphatic hydroxyl groups excluding tert-OH is 1. The van der Waals surface area contributed by atoms with E-state index in [0.717, 1.165) is 25.7 Å². The highest BCUT2D eigenvalue weighted by atomic mass is 79.9. The highest BCUT2D eigenvalue weighted by Gasteiger charge is 2.29. The first kappa shape index (κ1) is 14.4. The molecule has 0 aromatic heterocycles. The lowest BCUT2D eigenvalue weighted by Crippen LogP contribution is -2.31. The minimum Gasteiger partial charge on any atom is -0.391 e. The molecule has 3 N–H and O–H groups in total. The Morgan fingerprint density at radius 1 is 1.42 bits per heavy atom. The van der Waals surface area contributed by atoms with Gasteiger partial charge in [0.25, 0.3) is 5.69 Å². The molecule has 0 radical (unpaired) electrons. The van der Waals surface area contributed by atoms with Crippen LogP contribution in [0.4, 0.5) is 5.69 Å². The van der Waals surface area contributed by atoms with Crippen molar-refractivity contribution in [3.63, 3.8) is 0 Å². The molecule has 2 atom stereocenters. The second-order valence-electron chi connectivity index (χ2n) is 5.03. The second-order valence-corrected chi connectivity index (χ2v) is 5.88. The molecule has 5 nitrogen and oxygen atoms in total. The molecule has 1 saturated carbocycles. The number of hydrogen-bond acceptors (Lipinski definition) is 4. The van der Waals surface area contributed by atoms with Crippen molar-refractivity contribution in [2.24, 2.45) is 11.7 Å². The summed E-state index contributed by atoms with van der Waals surface area (Å²) in [6.45, 7) is 0. The number of hydrogen-bond donors (Lipinski definition) is 2. The summed E-state index contributed by atoms with van der Waals surface area (Å²) in [5, 5.41) is 21.2. The zero-order valence-corrected chi connectivity index (χ0v) is 12.0. The van der Waals surface area contributed by atoms with Gasteiger partial charge in [0.05, 0.1) is 21.5 Å². The van der Waals surface area contributed by atoms with Gasteiger partial charge in [0.1, 0.15) is 0 Å². The van der Waals surface area contributed by atoms with Crippen molar-refractivity contribution in [1.82, 2.24) is 0 Å². The van der Waals surface area contributed by atoms with Gasteiger partial charge >= 0.3 is 0 Å². The first-order valence-corrected chi connectivity index (χ1v) is 7.17. The van der Waals surface area contributed by atoms with Crippen LogP contribution in [0.5, 0.6) is 0 Å². The molecular weight excluding hydrogens is 312 g/mol. The van der Waals surface area contributed by atoms with Crippen molar-refractivity contribution in [3.8, 4) is 0 Å². The van der Waals surface area contributed by atoms with Crippen LogP contribution in [0.3, 0.4) is 0 Å². The van der Waals surface area contributed by atoms with E-state index < -0.39 is 17.1 Å². The van der Waals surface area contributed by atoms with Gasteiger partial charge in [0.2, 0.25) is 0 Å². The lowest BCUT2D eigenvalue weighted by Gasteiger charge is -2.24. The third-order valence-corrected chi connectivity index (χ3v) is 4.47. The largest absolute Gasteiger partial charge is 0.391 e. The van der Waals surface area contributed by atoms with Crippen LogP contribution in [0, 0.1) is 16.0 Å². The molecule has 2 rings (SSSR count). The van der Waals surface area contributed by atoms with Gasteiger partial charge in [-0.1, -0.05) is 18.9 Å². The van der Waals surface area contributed by atoms with Gasteiger partial charge in [-0.25, -0.2) is 0 Å². The molecule has 0 bridgehead atoms. The van der Waals surface area contributed by atoms with Gasteiger partial charge in [0.15, 0.2) is 0 Å². The Labute approximate surface area is 120 Å². The Balaban J connectivity index is 2.20. The van der Waals surface area contributed by atoms with Crippen LogP contribution in [-0.2, 0) is 0 Å². The molecule has 6 heteroatoms. The highest BCUT2D eigenvalue weighted by Crippen LogP contribution is 2.34. The molecular formula is C13H17BrN2O3. The highest BCUT2D eigenvalue weighted by molar-refractivity contribution is 9.10. The third-order valence-electron chi connectivity index (χ3n) is 3.80. The number of nitrogens with zero attached hydrogens (tertiary/aromatic N) is 1. The fourth-order valence-corrected chi connectivity index (χ4v) is 3.06. The summed E-state index contributed by atoms with van der Waals surface area (Å²) in [7, 11) is 0. The molecule has 0 saturated heterocycles. The number of nitro groups is 1. The summed E-state index contributed by atoms with van der Waals surface area (Å²) in [6, 6.07) is 4.19. The van der Waals surface area contributed by atoms with E-state index in [2.05, 4.69) is 15.9 Å². The molecule has 1 aliphatic carbocycles. The van der Waals surface area contributed by atoms with Crippen molar-refractivity contribution in [2.75, 3.05) is 0 Å². The van der Waals surface area contributed by atoms with E-state index in [0.29, 0.717) is 10.0 Å². The summed E-state index contributed by atoms with van der Waals surface area (Å²) in [6.07, 6.45) is 3.56. The average molecular weight is 329 g/mol. The molecule has 1 fully saturated rings. The van der Waals surface area contributed by atoms with E-state index >= 15 is 0 Å². The Bertz CT molecular complexity index is 475. The SMILES string of the molecule is N[C@H](c1ccc(Br)c([N+](=O)[O-])c1)[C@@H](O)C1CCCC1. The quantitative estimate of drug-likeness (QED) is 0.656. The van der Waals surface area contributed by atoms with Crippen LogP contribution in [0.15, 0.2) is 22.7 Å². The van der Waals surface area contributed by atoms with Gasteiger partial charge in [0, 0.05) is 6.07 Å². The zero-order valence-electron chi connectivity index (χ0n) is 10.5. The fraction of sp³-hybridized carbons (Fsp3) is 0.538. The Morgan fingerprint density at radius 3 is 2.63 bits per heavy atom. The molecule has 0 amide bonds. The van der Waals surface area contributed by atoms with Crippen molar-refractivity contribution < 1.29 is 10.0 Å². The normalized spacial score (nSPS) is 19.3. The molecule has 0 aliphatic heterocycles. The molecule has 19 heavy (non-hydrogen) atoms. The monoisotopic (exact) mass is 328 g/mol. The van der Waals surface area contributed by atoms with Crippen LogP contribution in [-0.4, -0.2) is 16.1 Å². The second kappa shape index (κ2) is 5.98. The van der Waals surface area contributed by atoms with Crippen molar-refractivity contribution in [3.05, 3.63) is 38.3 Å². The number of benzene rings is 1. The maximum absolute atomic E-state index is 10.9. The zero-order chi connectivity index (χ0) is 14.0. The summed E-state index contributed by atoms with van der Waals surface area (Å²) in [5.74, 6) is 0.206. The third kappa shape index (κ3) is 3.13. The number of nitro benzene ring substituents is 1. The summed E-state index contributed by atoms with van der Waals surface area (Å²) >= 11 is 3.14. The van der Waals surface area contributed by atoms with Gasteiger partial charge < -0.3 is 10.8 Å². The molecule has 1 aliphatic rings. The van der Waals surface area contributed by atoms with E-state index in [4.69, 9.17) is 5.73 Å². The smallest absolute Gasteiger partial charge is 0.283 e. The predicted molar refractivity (Wildman–Crippen MR) is 75.7 cm³/mol. The molecule has 0 heterocycles. The van der Waals surface area contributed by atoms with Crippen LogP contribution in [0.25, 0.3) is 0 Å². The number of rotatable bonds is 4. The first-order chi connectivity index (χ1) is 9.00. The van der Waals surface area contributed by atoms with E-state index in [9.17, 15) is 15.2 Å². The van der Waals surface area contributed by atoms with Crippen LogP contribution in [0.2, 0.25) is 0 Å². The maximum Gasteiger partial charge on any atom is 0.283 e. The van der Waals surface area contributed by atoms with Crippen LogP contribution < -0.4 is 5.73 Å². The summed E-state index contributed by atoms with van der Waals surface area (Å²) in [5.41, 5.74) is 6.63. The van der Waals surface area contributed by atoms with Gasteiger partial charge in [-0.15, -0.1) is 0 Å². The summed E-state index contributed by atoms with van der Waals surface area (Å²) in [4.78, 5) is 10.4. The fourth-order valence-electron chi connectivity index (χ4n) is 2.67. The molecule has 1 aromatic carbocycles. The van der Waals surface area contributed by atoms with E-state index in [1.807, 2.05) is 0 Å². The van der Waals surface area contributed by atoms with Crippen molar-refractivity contribution >= 4 is 21.6 Å². The predicted octanol–water partition coefficient (Wildman–Crippen LogP) is 2.91. The molecule has 0 spiro atoms. The van der Waals surface area contributed by atoms with E-state index in [1.54, 1.807) is 12.1 Å². The molecule has 0 unspecified atom stereocenters. The Hall–Kier alpha value is -0.980.